The fraction of sp³-hybridized carbons (Fsp3) is 0.733. The largest absolute Gasteiger partial charge is 0.466 e. The topological polar surface area (TPSA) is 49.9 Å². The van der Waals surface area contributed by atoms with Gasteiger partial charge in [-0.25, -0.2) is 0 Å². The van der Waals surface area contributed by atoms with Gasteiger partial charge < -0.3 is 9.64 Å². The number of fused-ring (bicyclic) bond motifs is 2. The van der Waals surface area contributed by atoms with E-state index >= 15 is 0 Å². The van der Waals surface area contributed by atoms with Crippen molar-refractivity contribution in [2.24, 2.45) is 11.8 Å². The van der Waals surface area contributed by atoms with Gasteiger partial charge in [0.2, 0.25) is 5.91 Å². The molecule has 3 rings (SSSR count). The molecule has 5 nitrogen and oxygen atoms in total. The quantitative estimate of drug-likeness (QED) is 0.569. The van der Waals surface area contributed by atoms with Gasteiger partial charge in [0.15, 0.2) is 0 Å². The zero-order chi connectivity index (χ0) is 14.1. The monoisotopic (exact) mass is 278 g/mol. The number of carbonyl (C=O) groups is 2. The number of hydrogen-bond donors (Lipinski definition) is 0. The fourth-order valence-corrected chi connectivity index (χ4v) is 3.50. The maximum atomic E-state index is 12.1. The van der Waals surface area contributed by atoms with E-state index in [0.29, 0.717) is 19.8 Å². The van der Waals surface area contributed by atoms with Crippen LogP contribution in [0.2, 0.25) is 0 Å². The van der Waals surface area contributed by atoms with Gasteiger partial charge in [-0.05, 0) is 32.7 Å². The minimum Gasteiger partial charge on any atom is -0.466 e. The number of piperidine rings is 1. The summed E-state index contributed by atoms with van der Waals surface area (Å²) in [5.41, 5.74) is 0. The molecule has 20 heavy (non-hydrogen) atoms. The lowest BCUT2D eigenvalue weighted by Gasteiger charge is -2.36. The van der Waals surface area contributed by atoms with Crippen LogP contribution < -0.4 is 0 Å². The molecule has 0 aromatic rings. The summed E-state index contributed by atoms with van der Waals surface area (Å²) in [4.78, 5) is 28.1. The van der Waals surface area contributed by atoms with Gasteiger partial charge in [0, 0.05) is 6.54 Å². The van der Waals surface area contributed by atoms with Crippen LogP contribution in [-0.4, -0.2) is 54.1 Å². The van der Waals surface area contributed by atoms with Gasteiger partial charge in [-0.15, -0.1) is 0 Å². The molecular weight excluding hydrogens is 256 g/mol. The molecule has 1 aliphatic carbocycles. The van der Waals surface area contributed by atoms with Crippen LogP contribution in [0.5, 0.6) is 0 Å². The third-order valence-electron chi connectivity index (χ3n) is 4.54. The first kappa shape index (κ1) is 13.6. The molecule has 2 fully saturated rings. The molecule has 2 heterocycles. The molecule has 0 spiro atoms. The van der Waals surface area contributed by atoms with Crippen LogP contribution in [0.1, 0.15) is 26.2 Å². The van der Waals surface area contributed by atoms with Crippen molar-refractivity contribution in [2.75, 3.05) is 26.4 Å². The van der Waals surface area contributed by atoms with Crippen LogP contribution in [0, 0.1) is 11.8 Å². The summed E-state index contributed by atoms with van der Waals surface area (Å²) >= 11 is 0. The first-order chi connectivity index (χ1) is 9.69. The fourth-order valence-electron chi connectivity index (χ4n) is 3.50. The summed E-state index contributed by atoms with van der Waals surface area (Å²) < 4.78 is 5.11. The van der Waals surface area contributed by atoms with Crippen LogP contribution in [0.3, 0.4) is 0 Å². The third-order valence-corrected chi connectivity index (χ3v) is 4.54. The summed E-state index contributed by atoms with van der Waals surface area (Å²) in [5, 5.41) is 0. The predicted molar refractivity (Wildman–Crippen MR) is 73.7 cm³/mol. The number of carbonyl (C=O) groups excluding carboxylic acids is 2. The molecule has 110 valence electrons. The van der Waals surface area contributed by atoms with Crippen molar-refractivity contribution in [3.63, 3.8) is 0 Å². The second kappa shape index (κ2) is 5.56. The molecule has 1 amide bonds. The van der Waals surface area contributed by atoms with E-state index in [1.165, 1.54) is 0 Å². The first-order valence-corrected chi connectivity index (χ1v) is 7.57. The number of esters is 1. The predicted octanol–water partition coefficient (Wildman–Crippen LogP) is 1.01. The van der Waals surface area contributed by atoms with Gasteiger partial charge in [0.05, 0.1) is 31.2 Å². The summed E-state index contributed by atoms with van der Waals surface area (Å²) in [6.45, 7) is 4.60. The molecule has 3 atom stereocenters. The maximum Gasteiger partial charge on any atom is 0.310 e. The number of likely N-dealkylation sites (tertiary alicyclic amines) is 2. The Labute approximate surface area is 119 Å². The lowest BCUT2D eigenvalue weighted by Crippen LogP contribution is -2.48. The van der Waals surface area contributed by atoms with Crippen molar-refractivity contribution in [1.29, 1.82) is 0 Å². The second-order valence-corrected chi connectivity index (χ2v) is 5.91. The van der Waals surface area contributed by atoms with Gasteiger partial charge >= 0.3 is 5.97 Å². The highest BCUT2D eigenvalue weighted by atomic mass is 16.5. The molecule has 0 saturated carbocycles. The van der Waals surface area contributed by atoms with Crippen LogP contribution >= 0.6 is 0 Å². The van der Waals surface area contributed by atoms with Crippen molar-refractivity contribution in [1.82, 2.24) is 9.80 Å². The normalized spacial score (nSPS) is 33.0. The van der Waals surface area contributed by atoms with Crippen LogP contribution in [0.15, 0.2) is 12.2 Å². The summed E-state index contributed by atoms with van der Waals surface area (Å²) in [5.74, 6) is 0.224. The first-order valence-electron chi connectivity index (χ1n) is 7.57. The van der Waals surface area contributed by atoms with Gasteiger partial charge in [-0.1, -0.05) is 12.2 Å². The molecule has 0 aromatic heterocycles. The molecule has 0 N–H and O–H groups in total. The molecule has 2 saturated heterocycles. The van der Waals surface area contributed by atoms with Crippen molar-refractivity contribution in [3.05, 3.63) is 12.2 Å². The van der Waals surface area contributed by atoms with E-state index in [9.17, 15) is 9.59 Å². The van der Waals surface area contributed by atoms with E-state index in [4.69, 9.17) is 4.74 Å². The van der Waals surface area contributed by atoms with Gasteiger partial charge in [0.1, 0.15) is 0 Å². The summed E-state index contributed by atoms with van der Waals surface area (Å²) in [6, 6.07) is 0.274. The lowest BCUT2D eigenvalue weighted by atomic mass is 9.98. The summed E-state index contributed by atoms with van der Waals surface area (Å²) in [6.07, 6.45) is 7.00. The Morgan fingerprint density at radius 2 is 2.30 bits per heavy atom. The van der Waals surface area contributed by atoms with Crippen molar-refractivity contribution < 1.29 is 14.3 Å². The number of hydrogen-bond acceptors (Lipinski definition) is 4. The van der Waals surface area contributed by atoms with Crippen molar-refractivity contribution in [2.45, 2.75) is 32.2 Å². The van der Waals surface area contributed by atoms with E-state index in [1.807, 2.05) is 17.9 Å². The van der Waals surface area contributed by atoms with Crippen molar-refractivity contribution in [3.8, 4) is 0 Å². The van der Waals surface area contributed by atoms with E-state index < -0.39 is 0 Å². The number of ether oxygens (including phenoxy) is 1. The smallest absolute Gasteiger partial charge is 0.310 e. The van der Waals surface area contributed by atoms with Crippen LogP contribution in [-0.2, 0) is 14.3 Å². The maximum absolute atomic E-state index is 12.1. The Morgan fingerprint density at radius 3 is 3.00 bits per heavy atom. The number of amides is 1. The SMILES string of the molecule is CCOC(=O)C1CCCN(CN2C(=O)C3C=CC2C3)C1. The highest BCUT2D eigenvalue weighted by molar-refractivity contribution is 5.85. The molecular formula is C15H22N2O3. The average Bonchev–Trinajstić information content (AvgIpc) is 3.03. The Kier molecular flexibility index (Phi) is 3.78. The molecule has 0 radical (unpaired) electrons. The Bertz CT molecular complexity index is 435. The zero-order valence-corrected chi connectivity index (χ0v) is 12.0. The van der Waals surface area contributed by atoms with E-state index in [2.05, 4.69) is 11.0 Å². The second-order valence-electron chi connectivity index (χ2n) is 5.91. The Hall–Kier alpha value is -1.36. The molecule has 0 aromatic carbocycles. The Morgan fingerprint density at radius 1 is 1.45 bits per heavy atom. The van der Waals surface area contributed by atoms with Gasteiger partial charge in [0.25, 0.3) is 0 Å². The minimum absolute atomic E-state index is 0.0332. The van der Waals surface area contributed by atoms with Gasteiger partial charge in [-0.2, -0.15) is 0 Å². The molecule has 2 bridgehead atoms. The highest BCUT2D eigenvalue weighted by Crippen LogP contribution is 2.33. The lowest BCUT2D eigenvalue weighted by molar-refractivity contribution is -0.150. The standard InChI is InChI=1S/C15H22N2O3/c1-2-20-15(19)12-4-3-7-16(9-12)10-17-13-6-5-11(8-13)14(17)18/h5-6,11-13H,2-4,7-10H2,1H3. The van der Waals surface area contributed by atoms with E-state index in [-0.39, 0.29) is 29.8 Å². The third kappa shape index (κ3) is 2.46. The van der Waals surface area contributed by atoms with E-state index in [0.717, 1.165) is 25.8 Å². The molecule has 5 heteroatoms. The summed E-state index contributed by atoms with van der Waals surface area (Å²) in [7, 11) is 0. The average molecular weight is 278 g/mol. The number of rotatable bonds is 4. The molecule has 3 unspecified atom stereocenters. The minimum atomic E-state index is -0.0913. The molecule has 2 aliphatic heterocycles. The number of nitrogens with zero attached hydrogens (tertiary/aromatic N) is 2. The zero-order valence-electron chi connectivity index (χ0n) is 12.0. The highest BCUT2D eigenvalue weighted by Gasteiger charge is 2.41. The van der Waals surface area contributed by atoms with Crippen LogP contribution in [0.4, 0.5) is 0 Å². The molecule has 3 aliphatic rings. The van der Waals surface area contributed by atoms with E-state index in [1.54, 1.807) is 0 Å². The van der Waals surface area contributed by atoms with Gasteiger partial charge in [-0.3, -0.25) is 14.5 Å². The van der Waals surface area contributed by atoms with Crippen LogP contribution in [0.25, 0.3) is 0 Å². The van der Waals surface area contributed by atoms with Crippen molar-refractivity contribution >= 4 is 11.9 Å². The Balaban J connectivity index is 1.57.